The highest BCUT2D eigenvalue weighted by atomic mass is 35.5. The molecule has 12 heavy (non-hydrogen) atoms. The minimum Gasteiger partial charge on any atom is -0.197 e. The Morgan fingerprint density at radius 3 is 2.83 bits per heavy atom. The summed E-state index contributed by atoms with van der Waals surface area (Å²) >= 11 is 5.80. The van der Waals surface area contributed by atoms with Crippen molar-refractivity contribution >= 4 is 35.0 Å². The number of fused-ring (bicyclic) bond motifs is 1. The van der Waals surface area contributed by atoms with Crippen LogP contribution in [0.25, 0.3) is 11.0 Å². The smallest absolute Gasteiger partial charge is 0.115 e. The van der Waals surface area contributed by atoms with E-state index in [1.165, 1.54) is 0 Å². The topological polar surface area (TPSA) is 41.6 Å². The van der Waals surface area contributed by atoms with Gasteiger partial charge in [0.15, 0.2) is 0 Å². The maximum atomic E-state index is 5.80. The summed E-state index contributed by atoms with van der Waals surface area (Å²) in [5.74, 6) is 0. The molecule has 5 heteroatoms. The first-order valence-corrected chi connectivity index (χ1v) is 3.62. The number of halogens is 2. The van der Waals surface area contributed by atoms with E-state index in [1.807, 2.05) is 13.0 Å². The average molecular weight is 204 g/mol. The Morgan fingerprint density at radius 1 is 1.33 bits per heavy atom. The van der Waals surface area contributed by atoms with Gasteiger partial charge in [0, 0.05) is 5.02 Å². The lowest BCUT2D eigenvalue weighted by molar-refractivity contribution is 0.958. The van der Waals surface area contributed by atoms with Crippen LogP contribution in [0.3, 0.4) is 0 Å². The Hall–Kier alpha value is -0.800. The third-order valence-corrected chi connectivity index (χ3v) is 1.80. The second-order valence-corrected chi connectivity index (χ2v) is 2.85. The third kappa shape index (κ3) is 1.38. The molecule has 0 saturated carbocycles. The number of hydrogen-bond donors (Lipinski definition) is 1. The zero-order chi connectivity index (χ0) is 7.84. The van der Waals surface area contributed by atoms with Crippen LogP contribution in [0.1, 0.15) is 5.56 Å². The number of benzene rings is 1. The molecule has 64 valence electrons. The van der Waals surface area contributed by atoms with E-state index in [-0.39, 0.29) is 12.4 Å². The maximum Gasteiger partial charge on any atom is 0.115 e. The van der Waals surface area contributed by atoms with Gasteiger partial charge >= 0.3 is 0 Å². The largest absolute Gasteiger partial charge is 0.197 e. The fourth-order valence-corrected chi connectivity index (χ4v) is 1.34. The summed E-state index contributed by atoms with van der Waals surface area (Å²) in [6.07, 6.45) is 0. The summed E-state index contributed by atoms with van der Waals surface area (Å²) < 4.78 is 0. The molecule has 0 atom stereocenters. The highest BCUT2D eigenvalue weighted by Crippen LogP contribution is 2.18. The molecular formula is C7H7Cl2N3. The van der Waals surface area contributed by atoms with Crippen LogP contribution in [0.5, 0.6) is 0 Å². The highest BCUT2D eigenvalue weighted by Gasteiger charge is 2.01. The molecule has 1 N–H and O–H groups in total. The number of nitrogens with one attached hydrogen (secondary N) is 1. The van der Waals surface area contributed by atoms with Gasteiger partial charge in [-0.25, -0.2) is 0 Å². The SMILES string of the molecule is Cc1cc(Cl)cc2n[nH]nc12.Cl. The first-order valence-electron chi connectivity index (χ1n) is 3.24. The van der Waals surface area contributed by atoms with E-state index in [4.69, 9.17) is 11.6 Å². The number of hydrogen-bond acceptors (Lipinski definition) is 2. The molecule has 0 unspecified atom stereocenters. The second-order valence-electron chi connectivity index (χ2n) is 2.41. The summed E-state index contributed by atoms with van der Waals surface area (Å²) in [6.45, 7) is 1.96. The second kappa shape index (κ2) is 3.29. The molecule has 0 fully saturated rings. The van der Waals surface area contributed by atoms with Crippen LogP contribution in [-0.4, -0.2) is 15.4 Å². The fourth-order valence-electron chi connectivity index (χ4n) is 1.08. The third-order valence-electron chi connectivity index (χ3n) is 1.58. The molecule has 0 amide bonds. The summed E-state index contributed by atoms with van der Waals surface area (Å²) in [5, 5.41) is 11.1. The van der Waals surface area contributed by atoms with Crippen LogP contribution < -0.4 is 0 Å². The van der Waals surface area contributed by atoms with E-state index in [0.29, 0.717) is 5.02 Å². The van der Waals surface area contributed by atoms with Crippen LogP contribution in [0.2, 0.25) is 5.02 Å². The number of aromatic amines is 1. The van der Waals surface area contributed by atoms with Crippen LogP contribution in [0.15, 0.2) is 12.1 Å². The molecule has 0 radical (unpaired) electrons. The zero-order valence-corrected chi connectivity index (χ0v) is 7.91. The van der Waals surface area contributed by atoms with Gasteiger partial charge in [-0.2, -0.15) is 15.4 Å². The summed E-state index contributed by atoms with van der Waals surface area (Å²) in [5.41, 5.74) is 2.74. The van der Waals surface area contributed by atoms with Gasteiger partial charge < -0.3 is 0 Å². The molecular weight excluding hydrogens is 197 g/mol. The highest BCUT2D eigenvalue weighted by molar-refractivity contribution is 6.31. The van der Waals surface area contributed by atoms with Crippen molar-refractivity contribution in [2.75, 3.05) is 0 Å². The van der Waals surface area contributed by atoms with Gasteiger partial charge in [0.2, 0.25) is 0 Å². The van der Waals surface area contributed by atoms with Crippen LogP contribution in [0.4, 0.5) is 0 Å². The number of aryl methyl sites for hydroxylation is 1. The first kappa shape index (κ1) is 9.29. The van der Waals surface area contributed by atoms with Gasteiger partial charge in [-0.3, -0.25) is 0 Å². The van der Waals surface area contributed by atoms with Crippen molar-refractivity contribution in [1.29, 1.82) is 0 Å². The monoisotopic (exact) mass is 203 g/mol. The van der Waals surface area contributed by atoms with Crippen molar-refractivity contribution in [2.45, 2.75) is 6.92 Å². The van der Waals surface area contributed by atoms with Gasteiger partial charge in [-0.05, 0) is 24.6 Å². The predicted octanol–water partition coefficient (Wildman–Crippen LogP) is 2.34. The lowest BCUT2D eigenvalue weighted by Gasteiger charge is -1.92. The van der Waals surface area contributed by atoms with Crippen molar-refractivity contribution in [1.82, 2.24) is 15.4 Å². The predicted molar refractivity (Wildman–Crippen MR) is 50.9 cm³/mol. The van der Waals surface area contributed by atoms with E-state index in [2.05, 4.69) is 15.4 Å². The molecule has 0 aliphatic heterocycles. The molecule has 2 rings (SSSR count). The quantitative estimate of drug-likeness (QED) is 0.715. The van der Waals surface area contributed by atoms with Crippen molar-refractivity contribution in [3.8, 4) is 0 Å². The molecule has 0 saturated heterocycles. The lowest BCUT2D eigenvalue weighted by Crippen LogP contribution is -1.76. The Balaban J connectivity index is 0.000000720. The molecule has 2 aromatic rings. The maximum absolute atomic E-state index is 5.80. The van der Waals surface area contributed by atoms with Crippen molar-refractivity contribution in [3.63, 3.8) is 0 Å². The molecule has 1 aromatic heterocycles. The molecule has 1 aromatic carbocycles. The molecule has 0 aliphatic carbocycles. The van der Waals surface area contributed by atoms with Crippen LogP contribution >= 0.6 is 24.0 Å². The van der Waals surface area contributed by atoms with Crippen molar-refractivity contribution in [3.05, 3.63) is 22.7 Å². The Labute approximate surface area is 80.5 Å². The number of rotatable bonds is 0. The summed E-state index contributed by atoms with van der Waals surface area (Å²) in [4.78, 5) is 0. The van der Waals surface area contributed by atoms with E-state index < -0.39 is 0 Å². The van der Waals surface area contributed by atoms with Crippen molar-refractivity contribution in [2.24, 2.45) is 0 Å². The van der Waals surface area contributed by atoms with Gasteiger partial charge in [0.1, 0.15) is 11.0 Å². The lowest BCUT2D eigenvalue weighted by atomic mass is 10.2. The fraction of sp³-hybridized carbons (Fsp3) is 0.143. The van der Waals surface area contributed by atoms with Gasteiger partial charge in [-0.15, -0.1) is 12.4 Å². The van der Waals surface area contributed by atoms with E-state index in [9.17, 15) is 0 Å². The molecule has 0 spiro atoms. The average Bonchev–Trinajstić information content (AvgIpc) is 2.34. The van der Waals surface area contributed by atoms with Crippen LogP contribution in [0, 0.1) is 6.92 Å². The Kier molecular flexibility index (Phi) is 2.55. The molecule has 1 heterocycles. The standard InChI is InChI=1S/C7H6ClN3.ClH/c1-4-2-5(8)3-6-7(4)10-11-9-6;/h2-3H,1H3,(H,9,10,11);1H. The van der Waals surface area contributed by atoms with Crippen LogP contribution in [-0.2, 0) is 0 Å². The minimum atomic E-state index is 0. The normalized spacial score (nSPS) is 9.83. The molecule has 0 bridgehead atoms. The van der Waals surface area contributed by atoms with Gasteiger partial charge in [0.25, 0.3) is 0 Å². The van der Waals surface area contributed by atoms with Gasteiger partial charge in [-0.1, -0.05) is 11.6 Å². The van der Waals surface area contributed by atoms with E-state index >= 15 is 0 Å². The van der Waals surface area contributed by atoms with Crippen molar-refractivity contribution < 1.29 is 0 Å². The molecule has 3 nitrogen and oxygen atoms in total. The number of H-pyrrole nitrogens is 1. The Morgan fingerprint density at radius 2 is 2.08 bits per heavy atom. The summed E-state index contributed by atoms with van der Waals surface area (Å²) in [6, 6.07) is 3.65. The Bertz CT molecular complexity index is 396. The number of aromatic nitrogens is 3. The molecule has 0 aliphatic rings. The van der Waals surface area contributed by atoms with E-state index in [1.54, 1.807) is 6.07 Å². The minimum absolute atomic E-state index is 0. The first-order chi connectivity index (χ1) is 5.27. The summed E-state index contributed by atoms with van der Waals surface area (Å²) in [7, 11) is 0. The zero-order valence-electron chi connectivity index (χ0n) is 6.34. The van der Waals surface area contributed by atoms with E-state index in [0.717, 1.165) is 16.6 Å². The van der Waals surface area contributed by atoms with Gasteiger partial charge in [0.05, 0.1) is 0 Å². The number of nitrogens with zero attached hydrogens (tertiary/aromatic N) is 2.